The Morgan fingerprint density at radius 2 is 2.00 bits per heavy atom. The number of nitrogens with one attached hydrogen (secondary N) is 1. The zero-order valence-electron chi connectivity index (χ0n) is 10.8. The molecular formula is C15H13BrCl2FN. The predicted octanol–water partition coefficient (Wildman–Crippen LogP) is 5.40. The van der Waals surface area contributed by atoms with Crippen molar-refractivity contribution in [2.45, 2.75) is 12.5 Å². The summed E-state index contributed by atoms with van der Waals surface area (Å²) in [6.45, 7) is 0. The molecule has 106 valence electrons. The topological polar surface area (TPSA) is 12.0 Å². The van der Waals surface area contributed by atoms with Crippen molar-refractivity contribution in [3.8, 4) is 0 Å². The molecule has 2 aromatic rings. The van der Waals surface area contributed by atoms with E-state index < -0.39 is 0 Å². The monoisotopic (exact) mass is 375 g/mol. The Morgan fingerprint density at radius 3 is 2.65 bits per heavy atom. The van der Waals surface area contributed by atoms with E-state index in [0.29, 0.717) is 22.0 Å². The van der Waals surface area contributed by atoms with Gasteiger partial charge in [-0.3, -0.25) is 0 Å². The zero-order chi connectivity index (χ0) is 14.7. The van der Waals surface area contributed by atoms with Crippen LogP contribution in [-0.2, 0) is 6.42 Å². The highest BCUT2D eigenvalue weighted by molar-refractivity contribution is 9.10. The molecule has 0 saturated heterocycles. The van der Waals surface area contributed by atoms with Crippen LogP contribution in [0.3, 0.4) is 0 Å². The Labute approximate surface area is 136 Å². The molecule has 0 spiro atoms. The van der Waals surface area contributed by atoms with E-state index in [1.807, 2.05) is 18.2 Å². The van der Waals surface area contributed by atoms with Crippen LogP contribution in [-0.4, -0.2) is 7.05 Å². The summed E-state index contributed by atoms with van der Waals surface area (Å²) in [5.41, 5.74) is 1.49. The molecule has 0 aliphatic heterocycles. The minimum atomic E-state index is -0.253. The second-order valence-electron chi connectivity index (χ2n) is 4.42. The van der Waals surface area contributed by atoms with Crippen molar-refractivity contribution >= 4 is 39.1 Å². The molecule has 0 aliphatic carbocycles. The van der Waals surface area contributed by atoms with E-state index in [-0.39, 0.29) is 11.9 Å². The Balaban J connectivity index is 2.31. The Bertz CT molecular complexity index is 619. The molecule has 0 fully saturated rings. The summed E-state index contributed by atoms with van der Waals surface area (Å²) in [5.74, 6) is -0.253. The molecule has 0 bridgehead atoms. The van der Waals surface area contributed by atoms with Crippen LogP contribution in [0.1, 0.15) is 17.2 Å². The molecule has 0 amide bonds. The summed E-state index contributed by atoms with van der Waals surface area (Å²) in [6.07, 6.45) is 0.564. The predicted molar refractivity (Wildman–Crippen MR) is 86.1 cm³/mol. The second kappa shape index (κ2) is 6.90. The molecule has 0 aliphatic rings. The third-order valence-electron chi connectivity index (χ3n) is 3.14. The number of hydrogen-bond acceptors (Lipinski definition) is 1. The molecule has 0 saturated carbocycles. The highest BCUT2D eigenvalue weighted by Gasteiger charge is 2.17. The van der Waals surface area contributed by atoms with Crippen molar-refractivity contribution in [2.75, 3.05) is 7.05 Å². The Hall–Kier alpha value is -0.610. The molecule has 1 nitrogen and oxygen atoms in total. The summed E-state index contributed by atoms with van der Waals surface area (Å²) in [5, 5.41) is 4.15. The normalized spacial score (nSPS) is 12.4. The van der Waals surface area contributed by atoms with Gasteiger partial charge in [0.05, 0.1) is 10.0 Å². The smallest absolute Gasteiger partial charge is 0.129 e. The first kappa shape index (κ1) is 15.8. The van der Waals surface area contributed by atoms with Crippen molar-refractivity contribution in [1.82, 2.24) is 5.32 Å². The average molecular weight is 377 g/mol. The highest BCUT2D eigenvalue weighted by Crippen LogP contribution is 2.30. The standard InChI is InChI=1S/C15H13BrCl2FN/c1-20-14(11-6-5-10(16)8-13(11)19)7-9-3-2-4-12(17)15(9)18/h2-6,8,14,20H,7H2,1H3. The minimum absolute atomic E-state index is 0.168. The van der Waals surface area contributed by atoms with Gasteiger partial charge in [0.1, 0.15) is 5.82 Å². The lowest BCUT2D eigenvalue weighted by molar-refractivity contribution is 0.533. The molecule has 20 heavy (non-hydrogen) atoms. The van der Waals surface area contributed by atoms with Gasteiger partial charge in [0, 0.05) is 16.1 Å². The van der Waals surface area contributed by atoms with Gasteiger partial charge in [-0.15, -0.1) is 0 Å². The van der Waals surface area contributed by atoms with E-state index in [1.54, 1.807) is 19.2 Å². The van der Waals surface area contributed by atoms with Gasteiger partial charge in [-0.1, -0.05) is 57.3 Å². The maximum Gasteiger partial charge on any atom is 0.129 e. The molecule has 0 aromatic heterocycles. The lowest BCUT2D eigenvalue weighted by atomic mass is 9.98. The summed E-state index contributed by atoms with van der Waals surface area (Å²) < 4.78 is 14.8. The van der Waals surface area contributed by atoms with E-state index in [0.717, 1.165) is 10.0 Å². The van der Waals surface area contributed by atoms with Crippen LogP contribution in [0, 0.1) is 5.82 Å². The summed E-state index contributed by atoms with van der Waals surface area (Å²) in [4.78, 5) is 0. The molecule has 1 N–H and O–H groups in total. The molecule has 1 atom stereocenters. The molecule has 2 aromatic carbocycles. The van der Waals surface area contributed by atoms with E-state index >= 15 is 0 Å². The Morgan fingerprint density at radius 1 is 1.25 bits per heavy atom. The van der Waals surface area contributed by atoms with E-state index in [4.69, 9.17) is 23.2 Å². The number of halogens is 4. The number of likely N-dealkylation sites (N-methyl/N-ethyl adjacent to an activating group) is 1. The van der Waals surface area contributed by atoms with Gasteiger partial charge < -0.3 is 5.32 Å². The average Bonchev–Trinajstić information content (AvgIpc) is 2.41. The van der Waals surface area contributed by atoms with Crippen LogP contribution in [0.25, 0.3) is 0 Å². The Kier molecular flexibility index (Phi) is 5.44. The first-order chi connectivity index (χ1) is 9.52. The summed E-state index contributed by atoms with van der Waals surface area (Å²) in [7, 11) is 1.80. The van der Waals surface area contributed by atoms with Gasteiger partial charge in [0.2, 0.25) is 0 Å². The van der Waals surface area contributed by atoms with Gasteiger partial charge in [-0.05, 0) is 37.2 Å². The minimum Gasteiger partial charge on any atom is -0.313 e. The molecule has 5 heteroatoms. The van der Waals surface area contributed by atoms with Gasteiger partial charge in [0.15, 0.2) is 0 Å². The molecular weight excluding hydrogens is 364 g/mol. The van der Waals surface area contributed by atoms with E-state index in [2.05, 4.69) is 21.2 Å². The van der Waals surface area contributed by atoms with Crippen LogP contribution in [0.5, 0.6) is 0 Å². The first-order valence-electron chi connectivity index (χ1n) is 6.08. The number of benzene rings is 2. The maximum absolute atomic E-state index is 14.0. The van der Waals surface area contributed by atoms with Crippen LogP contribution >= 0.6 is 39.1 Å². The first-order valence-corrected chi connectivity index (χ1v) is 7.63. The van der Waals surface area contributed by atoms with Crippen LogP contribution in [0.4, 0.5) is 4.39 Å². The zero-order valence-corrected chi connectivity index (χ0v) is 13.9. The SMILES string of the molecule is CNC(Cc1cccc(Cl)c1Cl)c1ccc(Br)cc1F. The summed E-state index contributed by atoms with van der Waals surface area (Å²) >= 11 is 15.4. The van der Waals surface area contributed by atoms with Crippen molar-refractivity contribution in [2.24, 2.45) is 0 Å². The van der Waals surface area contributed by atoms with Gasteiger partial charge in [0.25, 0.3) is 0 Å². The number of rotatable bonds is 4. The fraction of sp³-hybridized carbons (Fsp3) is 0.200. The van der Waals surface area contributed by atoms with Crippen LogP contribution < -0.4 is 5.32 Å². The highest BCUT2D eigenvalue weighted by atomic mass is 79.9. The molecule has 0 radical (unpaired) electrons. The molecule has 2 rings (SSSR count). The van der Waals surface area contributed by atoms with Crippen molar-refractivity contribution < 1.29 is 4.39 Å². The molecule has 1 unspecified atom stereocenters. The lowest BCUT2D eigenvalue weighted by Crippen LogP contribution is -2.20. The third kappa shape index (κ3) is 3.53. The van der Waals surface area contributed by atoms with E-state index in [9.17, 15) is 4.39 Å². The largest absolute Gasteiger partial charge is 0.313 e. The fourth-order valence-corrected chi connectivity index (χ4v) is 2.81. The van der Waals surface area contributed by atoms with Crippen molar-refractivity contribution in [3.63, 3.8) is 0 Å². The van der Waals surface area contributed by atoms with Gasteiger partial charge >= 0.3 is 0 Å². The maximum atomic E-state index is 14.0. The summed E-state index contributed by atoms with van der Waals surface area (Å²) in [6, 6.07) is 10.4. The van der Waals surface area contributed by atoms with Gasteiger partial charge in [-0.2, -0.15) is 0 Å². The van der Waals surface area contributed by atoms with Crippen molar-refractivity contribution in [3.05, 3.63) is 67.9 Å². The van der Waals surface area contributed by atoms with Gasteiger partial charge in [-0.25, -0.2) is 4.39 Å². The third-order valence-corrected chi connectivity index (χ3v) is 4.49. The quantitative estimate of drug-likeness (QED) is 0.753. The fourth-order valence-electron chi connectivity index (χ4n) is 2.08. The van der Waals surface area contributed by atoms with Crippen LogP contribution in [0.15, 0.2) is 40.9 Å². The van der Waals surface area contributed by atoms with E-state index in [1.165, 1.54) is 6.07 Å². The molecule has 0 heterocycles. The number of hydrogen-bond donors (Lipinski definition) is 1. The van der Waals surface area contributed by atoms with Crippen LogP contribution in [0.2, 0.25) is 10.0 Å². The van der Waals surface area contributed by atoms with Crippen molar-refractivity contribution in [1.29, 1.82) is 0 Å². The second-order valence-corrected chi connectivity index (χ2v) is 6.13. The lowest BCUT2D eigenvalue weighted by Gasteiger charge is -2.18.